The smallest absolute Gasteiger partial charge is 0.180 e. The third-order valence-electron chi connectivity index (χ3n) is 1.68. The van der Waals surface area contributed by atoms with Gasteiger partial charge in [0.1, 0.15) is 10.8 Å². The molecule has 0 aliphatic heterocycles. The molecule has 1 aromatic rings. The molecule has 0 unspecified atom stereocenters. The first kappa shape index (κ1) is 11.1. The van der Waals surface area contributed by atoms with Crippen molar-refractivity contribution in [1.29, 1.82) is 0 Å². The van der Waals surface area contributed by atoms with Crippen LogP contribution >= 0.6 is 11.6 Å². The highest BCUT2D eigenvalue weighted by molar-refractivity contribution is 7.91. The van der Waals surface area contributed by atoms with Crippen LogP contribution in [0.25, 0.3) is 0 Å². The summed E-state index contributed by atoms with van der Waals surface area (Å²) in [5, 5.41) is 0.0992. The van der Waals surface area contributed by atoms with Crippen LogP contribution in [0.2, 0.25) is 5.15 Å². The van der Waals surface area contributed by atoms with Crippen LogP contribution in [0.5, 0.6) is 0 Å². The lowest BCUT2D eigenvalue weighted by Gasteiger charge is -2.03. The minimum atomic E-state index is -3.41. The summed E-state index contributed by atoms with van der Waals surface area (Å²) >= 11 is 5.52. The SMILES string of the molecule is CCS(=O)(=O)c1ccc(Cl)nc1C=O. The van der Waals surface area contributed by atoms with E-state index in [4.69, 9.17) is 11.6 Å². The van der Waals surface area contributed by atoms with Crippen LogP contribution in [-0.4, -0.2) is 25.4 Å². The largest absolute Gasteiger partial charge is 0.296 e. The average Bonchev–Trinajstić information content (AvgIpc) is 2.17. The molecule has 0 fully saturated rings. The van der Waals surface area contributed by atoms with Crippen LogP contribution in [0.4, 0.5) is 0 Å². The molecule has 0 amide bonds. The molecule has 76 valence electrons. The summed E-state index contributed by atoms with van der Waals surface area (Å²) in [5.41, 5.74) is -0.139. The van der Waals surface area contributed by atoms with E-state index in [9.17, 15) is 13.2 Å². The molecule has 1 rings (SSSR count). The van der Waals surface area contributed by atoms with E-state index in [1.165, 1.54) is 19.1 Å². The fraction of sp³-hybridized carbons (Fsp3) is 0.250. The molecule has 0 saturated carbocycles. The van der Waals surface area contributed by atoms with Crippen LogP contribution in [0.1, 0.15) is 17.4 Å². The Labute approximate surface area is 86.8 Å². The molecule has 0 radical (unpaired) electrons. The second-order valence-electron chi connectivity index (χ2n) is 2.54. The Bertz CT molecular complexity index is 456. The van der Waals surface area contributed by atoms with E-state index in [2.05, 4.69) is 4.98 Å². The summed E-state index contributed by atoms with van der Waals surface area (Å²) in [6.07, 6.45) is 0.383. The number of nitrogens with zero attached hydrogens (tertiary/aromatic N) is 1. The van der Waals surface area contributed by atoms with Gasteiger partial charge >= 0.3 is 0 Å². The topological polar surface area (TPSA) is 64.1 Å². The monoisotopic (exact) mass is 233 g/mol. The maximum atomic E-state index is 11.4. The van der Waals surface area contributed by atoms with Crippen LogP contribution in [0, 0.1) is 0 Å². The fourth-order valence-corrected chi connectivity index (χ4v) is 2.09. The molecular formula is C8H8ClNO3S. The van der Waals surface area contributed by atoms with E-state index in [0.29, 0.717) is 6.29 Å². The number of aldehydes is 1. The number of pyridine rings is 1. The molecule has 1 heterocycles. The summed E-state index contributed by atoms with van der Waals surface area (Å²) in [6, 6.07) is 2.63. The summed E-state index contributed by atoms with van der Waals surface area (Å²) in [5.74, 6) is -0.0723. The highest BCUT2D eigenvalue weighted by Crippen LogP contribution is 2.16. The zero-order valence-corrected chi connectivity index (χ0v) is 8.97. The van der Waals surface area contributed by atoms with Crippen LogP contribution in [0.3, 0.4) is 0 Å². The van der Waals surface area contributed by atoms with Crippen molar-refractivity contribution in [2.24, 2.45) is 0 Å². The second-order valence-corrected chi connectivity index (χ2v) is 5.17. The molecular weight excluding hydrogens is 226 g/mol. The maximum Gasteiger partial charge on any atom is 0.180 e. The van der Waals surface area contributed by atoms with Crippen LogP contribution < -0.4 is 0 Å². The van der Waals surface area contributed by atoms with Crippen LogP contribution in [-0.2, 0) is 9.84 Å². The Hall–Kier alpha value is -0.940. The van der Waals surface area contributed by atoms with E-state index in [1.807, 2.05) is 0 Å². The van der Waals surface area contributed by atoms with E-state index in [-0.39, 0.29) is 21.5 Å². The number of halogens is 1. The first-order chi connectivity index (χ1) is 6.51. The Morgan fingerprint density at radius 3 is 2.64 bits per heavy atom. The zero-order valence-electron chi connectivity index (χ0n) is 7.40. The Kier molecular flexibility index (Phi) is 3.23. The molecule has 6 heteroatoms. The van der Waals surface area contributed by atoms with E-state index in [0.717, 1.165) is 0 Å². The summed E-state index contributed by atoms with van der Waals surface area (Å²) < 4.78 is 22.9. The number of sulfone groups is 1. The molecule has 0 bridgehead atoms. The molecule has 0 atom stereocenters. The highest BCUT2D eigenvalue weighted by Gasteiger charge is 2.17. The number of rotatable bonds is 3. The van der Waals surface area contributed by atoms with Gasteiger partial charge in [-0.2, -0.15) is 0 Å². The predicted octanol–water partition coefficient (Wildman–Crippen LogP) is 1.34. The molecule has 14 heavy (non-hydrogen) atoms. The molecule has 0 aliphatic rings. The van der Waals surface area contributed by atoms with Crippen molar-refractivity contribution >= 4 is 27.7 Å². The Morgan fingerprint density at radius 2 is 2.14 bits per heavy atom. The molecule has 0 aromatic carbocycles. The normalized spacial score (nSPS) is 11.3. The van der Waals surface area contributed by atoms with Gasteiger partial charge in [-0.15, -0.1) is 0 Å². The number of aromatic nitrogens is 1. The zero-order chi connectivity index (χ0) is 10.8. The van der Waals surface area contributed by atoms with Crippen molar-refractivity contribution in [2.75, 3.05) is 5.75 Å². The summed E-state index contributed by atoms with van der Waals surface area (Å²) in [6.45, 7) is 1.50. The third kappa shape index (κ3) is 2.10. The average molecular weight is 234 g/mol. The van der Waals surface area contributed by atoms with Crippen LogP contribution in [0.15, 0.2) is 17.0 Å². The van der Waals surface area contributed by atoms with Gasteiger partial charge in [0.25, 0.3) is 0 Å². The minimum Gasteiger partial charge on any atom is -0.296 e. The predicted molar refractivity (Wildman–Crippen MR) is 52.4 cm³/mol. The van der Waals surface area contributed by atoms with Crippen molar-refractivity contribution < 1.29 is 13.2 Å². The maximum absolute atomic E-state index is 11.4. The number of hydrogen-bond donors (Lipinski definition) is 0. The standard InChI is InChI=1S/C8H8ClNO3S/c1-2-14(12,13)7-3-4-8(9)10-6(7)5-11/h3-5H,2H2,1H3. The van der Waals surface area contributed by atoms with Gasteiger partial charge in [-0.3, -0.25) is 4.79 Å². The van der Waals surface area contributed by atoms with Gasteiger partial charge in [0.2, 0.25) is 0 Å². The molecule has 0 spiro atoms. The van der Waals surface area contributed by atoms with Gasteiger partial charge < -0.3 is 0 Å². The Morgan fingerprint density at radius 1 is 1.50 bits per heavy atom. The minimum absolute atomic E-state index is 0.0700. The lowest BCUT2D eigenvalue weighted by molar-refractivity contribution is 0.111. The van der Waals surface area contributed by atoms with Crippen molar-refractivity contribution in [2.45, 2.75) is 11.8 Å². The fourth-order valence-electron chi connectivity index (χ4n) is 0.940. The van der Waals surface area contributed by atoms with Crippen molar-refractivity contribution in [3.8, 4) is 0 Å². The van der Waals surface area contributed by atoms with Gasteiger partial charge in [0, 0.05) is 0 Å². The first-order valence-corrected chi connectivity index (χ1v) is 5.88. The van der Waals surface area contributed by atoms with Gasteiger partial charge in [-0.1, -0.05) is 18.5 Å². The van der Waals surface area contributed by atoms with Gasteiger partial charge in [-0.05, 0) is 12.1 Å². The lowest BCUT2D eigenvalue weighted by atomic mass is 10.4. The number of carbonyl (C=O) groups is 1. The van der Waals surface area contributed by atoms with Gasteiger partial charge in [-0.25, -0.2) is 13.4 Å². The quantitative estimate of drug-likeness (QED) is 0.584. The molecule has 0 saturated heterocycles. The van der Waals surface area contributed by atoms with Gasteiger partial charge in [0.05, 0.1) is 10.6 Å². The lowest BCUT2D eigenvalue weighted by Crippen LogP contribution is -2.08. The number of hydrogen-bond acceptors (Lipinski definition) is 4. The van der Waals surface area contributed by atoms with Crippen molar-refractivity contribution in [1.82, 2.24) is 4.98 Å². The Balaban J connectivity index is 3.43. The van der Waals surface area contributed by atoms with E-state index < -0.39 is 9.84 Å². The summed E-state index contributed by atoms with van der Waals surface area (Å²) in [4.78, 5) is 14.1. The van der Waals surface area contributed by atoms with Crippen molar-refractivity contribution in [3.05, 3.63) is 23.0 Å². The molecule has 1 aromatic heterocycles. The second kappa shape index (κ2) is 4.06. The first-order valence-electron chi connectivity index (χ1n) is 3.85. The third-order valence-corrected chi connectivity index (χ3v) is 3.66. The highest BCUT2D eigenvalue weighted by atomic mass is 35.5. The van der Waals surface area contributed by atoms with Gasteiger partial charge in [0.15, 0.2) is 16.1 Å². The molecule has 4 nitrogen and oxygen atoms in total. The van der Waals surface area contributed by atoms with E-state index in [1.54, 1.807) is 0 Å². The number of carbonyl (C=O) groups excluding carboxylic acids is 1. The van der Waals surface area contributed by atoms with E-state index >= 15 is 0 Å². The van der Waals surface area contributed by atoms with Crippen molar-refractivity contribution in [3.63, 3.8) is 0 Å². The molecule has 0 N–H and O–H groups in total. The molecule has 0 aliphatic carbocycles. The summed E-state index contributed by atoms with van der Waals surface area (Å²) in [7, 11) is -3.41.